The Kier molecular flexibility index (Phi) is 16.7. The van der Waals surface area contributed by atoms with Gasteiger partial charge in [0.1, 0.15) is 16.7 Å². The average Bonchev–Trinajstić information content (AvgIpc) is 4.02. The van der Waals surface area contributed by atoms with Crippen molar-refractivity contribution in [2.45, 2.75) is 74.1 Å². The van der Waals surface area contributed by atoms with Crippen LogP contribution in [0.3, 0.4) is 0 Å². The molecule has 394 valence electrons. The minimum Gasteiger partial charge on any atom is 3.00 e. The Labute approximate surface area is 483 Å². The first-order valence-corrected chi connectivity index (χ1v) is 26.8. The van der Waals surface area contributed by atoms with E-state index in [0.29, 0.717) is 0 Å². The van der Waals surface area contributed by atoms with Gasteiger partial charge in [-0.2, -0.15) is 59.7 Å². The summed E-state index contributed by atoms with van der Waals surface area (Å²) in [6.45, 7) is 27.2. The molecule has 0 atom stereocenters. The predicted octanol–water partition coefficient (Wildman–Crippen LogP) is 20.2. The summed E-state index contributed by atoms with van der Waals surface area (Å²) in [6.07, 6.45) is 4.00. The molecule has 0 N–H and O–H groups in total. The molecular weight excluding hydrogens is 1160 g/mol. The van der Waals surface area contributed by atoms with Crippen molar-refractivity contribution in [3.05, 3.63) is 236 Å². The molecule has 0 fully saturated rings. The van der Waals surface area contributed by atoms with Crippen LogP contribution in [0.15, 0.2) is 197 Å². The Balaban J connectivity index is 0.00000152. The molecule has 0 amide bonds. The van der Waals surface area contributed by atoms with Gasteiger partial charge in [-0.15, -0.1) is 29.3 Å². The van der Waals surface area contributed by atoms with Crippen molar-refractivity contribution in [2.75, 3.05) is 0 Å². The van der Waals surface area contributed by atoms with Gasteiger partial charge < -0.3 is 13.8 Å². The molecular formula is C74H60IrNO4. The molecule has 0 aliphatic carbocycles. The number of hydrogen-bond donors (Lipinski definition) is 0. The van der Waals surface area contributed by atoms with Gasteiger partial charge in [-0.3, -0.25) is 0 Å². The standard InChI is InChI=1S/C72H60NO2.2CO.Ir/c1-45(2)62-39-66(61-26-17-25-60-64-41-68-63(40-69(64)75-70(60)61)59-24-15-16-27-67(59)74-68)73-44-65(62)58-23-14-13-22-57(58)52-37-50(55-20-11-9-18-53(55)48-32-28-46(29-33-48)42-71(3,4)5)36-51(38-52)56-21-12-10-19-54(56)49-34-30-47(31-35-49)43-72(6,7)8;2*1-2;/h9-25,27-28,30,32-41,44-45H,42-43H2,1-8H3;;;/q-3;;;+3. The molecule has 12 aromatic rings. The van der Waals surface area contributed by atoms with Gasteiger partial charge in [0, 0.05) is 27.9 Å². The maximum absolute atomic E-state index is 7.50. The van der Waals surface area contributed by atoms with E-state index in [1.165, 1.54) is 38.9 Å². The van der Waals surface area contributed by atoms with Gasteiger partial charge in [0.25, 0.3) is 0 Å². The first kappa shape index (κ1) is 56.6. The van der Waals surface area contributed by atoms with Crippen LogP contribution in [-0.2, 0) is 42.3 Å². The van der Waals surface area contributed by atoms with Crippen LogP contribution in [0.2, 0.25) is 0 Å². The molecule has 3 aromatic heterocycles. The zero-order valence-electron chi connectivity index (χ0n) is 46.3. The molecule has 0 saturated carbocycles. The molecule has 6 heteroatoms. The van der Waals surface area contributed by atoms with Crippen molar-refractivity contribution in [3.63, 3.8) is 0 Å². The van der Waals surface area contributed by atoms with Crippen molar-refractivity contribution in [1.29, 1.82) is 0 Å². The molecule has 12 rings (SSSR count). The Morgan fingerprint density at radius 2 is 0.900 bits per heavy atom. The number of fused-ring (bicyclic) bond motifs is 6. The van der Waals surface area contributed by atoms with E-state index >= 15 is 0 Å². The molecule has 0 unspecified atom stereocenters. The van der Waals surface area contributed by atoms with Crippen molar-refractivity contribution in [2.24, 2.45) is 10.8 Å². The van der Waals surface area contributed by atoms with Crippen LogP contribution in [0.5, 0.6) is 0 Å². The summed E-state index contributed by atoms with van der Waals surface area (Å²) < 4.78 is 28.1. The van der Waals surface area contributed by atoms with Gasteiger partial charge in [-0.05, 0) is 116 Å². The molecule has 0 bridgehead atoms. The fourth-order valence-corrected chi connectivity index (χ4v) is 11.1. The van der Waals surface area contributed by atoms with E-state index in [2.05, 4.69) is 251 Å². The maximum Gasteiger partial charge on any atom is 3.00 e. The zero-order valence-corrected chi connectivity index (χ0v) is 48.7. The minimum absolute atomic E-state index is 0. The third-order valence-electron chi connectivity index (χ3n) is 14.5. The number of benzene rings is 9. The largest absolute Gasteiger partial charge is 3.00 e. The van der Waals surface area contributed by atoms with E-state index in [0.717, 1.165) is 112 Å². The number of aromatic nitrogens is 1. The van der Waals surface area contributed by atoms with E-state index in [1.807, 2.05) is 24.3 Å². The third-order valence-corrected chi connectivity index (χ3v) is 14.5. The molecule has 0 radical (unpaired) electrons. The monoisotopic (exact) mass is 1220 g/mol. The second-order valence-electron chi connectivity index (χ2n) is 23.1. The number of rotatable bonds is 10. The third kappa shape index (κ3) is 11.6. The fourth-order valence-electron chi connectivity index (χ4n) is 11.1. The SMILES string of the molecule is CC(C)c1cc(-c2[c-]ccc3c2oc2cc4c(cc23)oc2ccccc24)ncc1-c1ccccc1-c1cc(-c2ccccc2-c2c[c-]c(CC(C)(C)C)cc2)cc(-c2ccccc2-c2c[c-]c(CC(C)(C)C)cc2)c1.[C-]#[O+].[C-]#[O+].[Ir+3]. The summed E-state index contributed by atoms with van der Waals surface area (Å²) in [5.74, 6) is 0.184. The van der Waals surface area contributed by atoms with Gasteiger partial charge >= 0.3 is 42.7 Å². The van der Waals surface area contributed by atoms with Crippen LogP contribution >= 0.6 is 0 Å². The van der Waals surface area contributed by atoms with Crippen LogP contribution in [0.1, 0.15) is 78.0 Å². The Morgan fingerprint density at radius 3 is 1.39 bits per heavy atom. The van der Waals surface area contributed by atoms with Crippen LogP contribution < -0.4 is 0 Å². The van der Waals surface area contributed by atoms with Gasteiger partial charge in [-0.25, -0.2) is 0 Å². The van der Waals surface area contributed by atoms with Crippen molar-refractivity contribution in [3.8, 4) is 78.0 Å². The number of nitrogens with zero attached hydrogens (tertiary/aromatic N) is 1. The van der Waals surface area contributed by atoms with E-state index in [9.17, 15) is 0 Å². The van der Waals surface area contributed by atoms with Crippen LogP contribution in [0, 0.1) is 42.3 Å². The van der Waals surface area contributed by atoms with E-state index < -0.39 is 0 Å². The van der Waals surface area contributed by atoms with Crippen LogP contribution in [-0.4, -0.2) is 4.98 Å². The minimum atomic E-state index is 0. The molecule has 0 saturated heterocycles. The smallest absolute Gasteiger partial charge is 3.00 e. The molecule has 3 heterocycles. The van der Waals surface area contributed by atoms with Crippen molar-refractivity contribution >= 4 is 43.9 Å². The average molecular weight is 1220 g/mol. The normalized spacial score (nSPS) is 11.5. The van der Waals surface area contributed by atoms with Crippen LogP contribution in [0.25, 0.3) is 122 Å². The Hall–Kier alpha value is -8.14. The van der Waals surface area contributed by atoms with E-state index in [1.54, 1.807) is 0 Å². The molecule has 80 heavy (non-hydrogen) atoms. The number of furan rings is 2. The summed E-state index contributed by atoms with van der Waals surface area (Å²) in [7, 11) is 0. The van der Waals surface area contributed by atoms with Crippen LogP contribution in [0.4, 0.5) is 0 Å². The molecule has 5 nitrogen and oxygen atoms in total. The van der Waals surface area contributed by atoms with Crippen molar-refractivity contribution < 1.29 is 38.2 Å². The first-order valence-electron chi connectivity index (χ1n) is 26.8. The second kappa shape index (κ2) is 23.7. The quantitative estimate of drug-likeness (QED) is 0.101. The number of para-hydroxylation sites is 1. The fraction of sp³-hybridized carbons (Fsp3) is 0.176. The molecule has 0 aliphatic rings. The Morgan fingerprint density at radius 1 is 0.450 bits per heavy atom. The van der Waals surface area contributed by atoms with Gasteiger partial charge in [0.05, 0.1) is 5.58 Å². The molecule has 0 aliphatic heterocycles. The zero-order chi connectivity index (χ0) is 55.6. The summed E-state index contributed by atoms with van der Waals surface area (Å²) >= 11 is 0. The summed E-state index contributed by atoms with van der Waals surface area (Å²) in [5.41, 5.74) is 22.7. The molecule has 0 spiro atoms. The van der Waals surface area contributed by atoms with Gasteiger partial charge in [0.15, 0.2) is 0 Å². The Bertz CT molecular complexity index is 4090. The van der Waals surface area contributed by atoms with E-state index in [-0.39, 0.29) is 36.9 Å². The predicted molar refractivity (Wildman–Crippen MR) is 322 cm³/mol. The summed E-state index contributed by atoms with van der Waals surface area (Å²) in [5, 5.41) is 4.13. The van der Waals surface area contributed by atoms with Crippen molar-refractivity contribution in [1.82, 2.24) is 4.98 Å². The topological polar surface area (TPSA) is 79.0 Å². The number of hydrogen-bond acceptors (Lipinski definition) is 3. The first-order chi connectivity index (χ1) is 38.2. The molecule has 9 aromatic carbocycles. The van der Waals surface area contributed by atoms with Gasteiger partial charge in [-0.1, -0.05) is 175 Å². The summed E-state index contributed by atoms with van der Waals surface area (Å²) in [6, 6.07) is 76.5. The second-order valence-corrected chi connectivity index (χ2v) is 23.1. The van der Waals surface area contributed by atoms with E-state index in [4.69, 9.17) is 23.1 Å². The van der Waals surface area contributed by atoms with Gasteiger partial charge in [0.2, 0.25) is 0 Å². The number of pyridine rings is 1. The maximum atomic E-state index is 7.50. The summed E-state index contributed by atoms with van der Waals surface area (Å²) in [4.78, 5) is 5.27.